The van der Waals surface area contributed by atoms with Crippen LogP contribution in [0.5, 0.6) is 0 Å². The van der Waals surface area contributed by atoms with Gasteiger partial charge in [-0.25, -0.2) is 23.1 Å². The highest BCUT2D eigenvalue weighted by molar-refractivity contribution is 7.89. The van der Waals surface area contributed by atoms with E-state index in [2.05, 4.69) is 20.0 Å². The van der Waals surface area contributed by atoms with Gasteiger partial charge in [0.1, 0.15) is 4.90 Å². The third kappa shape index (κ3) is 4.25. The molecule has 0 unspecified atom stereocenters. The minimum absolute atomic E-state index is 0.0499. The highest BCUT2D eigenvalue weighted by Gasteiger charge is 2.14. The number of hydrogen-bond acceptors (Lipinski definition) is 6. The smallest absolute Gasteiger partial charge is 0.243 e. The predicted molar refractivity (Wildman–Crippen MR) is 63.3 cm³/mol. The van der Waals surface area contributed by atoms with Crippen molar-refractivity contribution in [1.29, 1.82) is 0 Å². The van der Waals surface area contributed by atoms with Crippen LogP contribution in [0.2, 0.25) is 0 Å². The van der Waals surface area contributed by atoms with E-state index in [4.69, 9.17) is 4.74 Å². The van der Waals surface area contributed by atoms with Crippen molar-refractivity contribution in [3.63, 3.8) is 0 Å². The summed E-state index contributed by atoms with van der Waals surface area (Å²) in [5, 5.41) is 2.71. The summed E-state index contributed by atoms with van der Waals surface area (Å²) in [7, 11) is -0.297. The zero-order valence-electron chi connectivity index (χ0n) is 9.80. The van der Waals surface area contributed by atoms with Gasteiger partial charge in [0.15, 0.2) is 0 Å². The molecule has 1 rings (SSSR count). The van der Waals surface area contributed by atoms with Crippen molar-refractivity contribution >= 4 is 16.0 Å². The van der Waals surface area contributed by atoms with E-state index >= 15 is 0 Å². The SMILES string of the molecule is CNc1ncc(S(=O)(=O)NCCCOC)cn1. The first-order valence-electron chi connectivity index (χ1n) is 5.08. The number of rotatable bonds is 7. The van der Waals surface area contributed by atoms with Crippen LogP contribution in [-0.2, 0) is 14.8 Å². The van der Waals surface area contributed by atoms with Crippen LogP contribution in [0.25, 0.3) is 0 Å². The van der Waals surface area contributed by atoms with E-state index in [0.717, 1.165) is 0 Å². The Hall–Kier alpha value is -1.25. The second-order valence-corrected chi connectivity index (χ2v) is 5.00. The molecule has 0 saturated carbocycles. The van der Waals surface area contributed by atoms with Crippen LogP contribution in [0.1, 0.15) is 6.42 Å². The van der Waals surface area contributed by atoms with E-state index in [1.165, 1.54) is 12.4 Å². The maximum atomic E-state index is 11.7. The van der Waals surface area contributed by atoms with Crippen molar-refractivity contribution < 1.29 is 13.2 Å². The molecule has 7 nitrogen and oxygen atoms in total. The highest BCUT2D eigenvalue weighted by atomic mass is 32.2. The molecule has 1 aromatic heterocycles. The van der Waals surface area contributed by atoms with Gasteiger partial charge in [-0.05, 0) is 6.42 Å². The summed E-state index contributed by atoms with van der Waals surface area (Å²) in [4.78, 5) is 7.73. The van der Waals surface area contributed by atoms with Gasteiger partial charge in [0.25, 0.3) is 0 Å². The Kier molecular flexibility index (Phi) is 5.26. The first-order valence-corrected chi connectivity index (χ1v) is 6.57. The van der Waals surface area contributed by atoms with Crippen LogP contribution in [0, 0.1) is 0 Å². The Labute approximate surface area is 101 Å². The molecule has 17 heavy (non-hydrogen) atoms. The molecular formula is C9H16N4O3S. The van der Waals surface area contributed by atoms with E-state index < -0.39 is 10.0 Å². The van der Waals surface area contributed by atoms with Gasteiger partial charge in [0, 0.05) is 27.3 Å². The largest absolute Gasteiger partial charge is 0.385 e. The number of methoxy groups -OCH3 is 1. The average Bonchev–Trinajstić information content (AvgIpc) is 2.35. The van der Waals surface area contributed by atoms with E-state index in [0.29, 0.717) is 25.5 Å². The number of hydrogen-bond donors (Lipinski definition) is 2. The number of ether oxygens (including phenoxy) is 1. The van der Waals surface area contributed by atoms with Crippen LogP contribution >= 0.6 is 0 Å². The summed E-state index contributed by atoms with van der Waals surface area (Å²) in [5.74, 6) is 0.378. The molecule has 0 atom stereocenters. The summed E-state index contributed by atoms with van der Waals surface area (Å²) >= 11 is 0. The Morgan fingerprint density at radius 2 is 2.00 bits per heavy atom. The van der Waals surface area contributed by atoms with Gasteiger partial charge in [-0.2, -0.15) is 0 Å². The van der Waals surface area contributed by atoms with E-state index in [9.17, 15) is 8.42 Å². The van der Waals surface area contributed by atoms with Gasteiger partial charge in [-0.3, -0.25) is 0 Å². The lowest BCUT2D eigenvalue weighted by Crippen LogP contribution is -2.25. The van der Waals surface area contributed by atoms with Crippen molar-refractivity contribution in [2.24, 2.45) is 0 Å². The fourth-order valence-corrected chi connectivity index (χ4v) is 2.05. The summed E-state index contributed by atoms with van der Waals surface area (Å²) < 4.78 is 30.7. The zero-order valence-corrected chi connectivity index (χ0v) is 10.6. The van der Waals surface area contributed by atoms with Crippen molar-refractivity contribution in [3.05, 3.63) is 12.4 Å². The van der Waals surface area contributed by atoms with Crippen molar-refractivity contribution in [2.75, 3.05) is 32.6 Å². The number of nitrogens with one attached hydrogen (secondary N) is 2. The van der Waals surface area contributed by atoms with Crippen LogP contribution in [0.4, 0.5) is 5.95 Å². The van der Waals surface area contributed by atoms with Crippen LogP contribution in [0.3, 0.4) is 0 Å². The number of anilines is 1. The van der Waals surface area contributed by atoms with E-state index in [1.54, 1.807) is 14.2 Å². The van der Waals surface area contributed by atoms with Crippen molar-refractivity contribution in [3.8, 4) is 0 Å². The second-order valence-electron chi connectivity index (χ2n) is 3.24. The molecule has 0 aliphatic rings. The molecule has 0 bridgehead atoms. The molecule has 8 heteroatoms. The summed E-state index contributed by atoms with van der Waals surface area (Å²) in [5.41, 5.74) is 0. The molecule has 0 aliphatic carbocycles. The number of aromatic nitrogens is 2. The molecular weight excluding hydrogens is 244 g/mol. The van der Waals surface area contributed by atoms with Gasteiger partial charge < -0.3 is 10.1 Å². The maximum absolute atomic E-state index is 11.7. The van der Waals surface area contributed by atoms with Crippen LogP contribution in [-0.4, -0.2) is 45.7 Å². The number of nitrogens with zero attached hydrogens (tertiary/aromatic N) is 2. The zero-order chi connectivity index (χ0) is 12.7. The molecule has 0 radical (unpaired) electrons. The minimum atomic E-state index is -3.52. The Balaban J connectivity index is 2.62. The maximum Gasteiger partial charge on any atom is 0.243 e. The Morgan fingerprint density at radius 1 is 1.35 bits per heavy atom. The lowest BCUT2D eigenvalue weighted by atomic mass is 10.5. The predicted octanol–water partition coefficient (Wildman–Crippen LogP) is -0.167. The molecule has 1 heterocycles. The second kappa shape index (κ2) is 6.48. The van der Waals surface area contributed by atoms with Crippen LogP contribution < -0.4 is 10.0 Å². The monoisotopic (exact) mass is 260 g/mol. The molecule has 0 spiro atoms. The van der Waals surface area contributed by atoms with Gasteiger partial charge >= 0.3 is 0 Å². The van der Waals surface area contributed by atoms with Gasteiger partial charge in [-0.1, -0.05) is 0 Å². The third-order valence-electron chi connectivity index (χ3n) is 1.98. The van der Waals surface area contributed by atoms with Crippen molar-refractivity contribution in [1.82, 2.24) is 14.7 Å². The third-order valence-corrected chi connectivity index (χ3v) is 3.39. The lowest BCUT2D eigenvalue weighted by molar-refractivity contribution is 0.196. The lowest BCUT2D eigenvalue weighted by Gasteiger charge is -2.06. The molecule has 0 aromatic carbocycles. The topological polar surface area (TPSA) is 93.2 Å². The van der Waals surface area contributed by atoms with E-state index in [1.807, 2.05) is 0 Å². The molecule has 1 aromatic rings. The summed E-state index contributed by atoms with van der Waals surface area (Å²) in [6.07, 6.45) is 3.14. The van der Waals surface area contributed by atoms with Crippen molar-refractivity contribution in [2.45, 2.75) is 11.3 Å². The molecule has 0 fully saturated rings. The standard InChI is InChI=1S/C9H16N4O3S/c1-10-9-11-6-8(7-12-9)17(14,15)13-4-3-5-16-2/h6-7,13H,3-5H2,1-2H3,(H,10,11,12). The molecule has 2 N–H and O–H groups in total. The first-order chi connectivity index (χ1) is 8.10. The van der Waals surface area contributed by atoms with Gasteiger partial charge in [-0.15, -0.1) is 0 Å². The van der Waals surface area contributed by atoms with Gasteiger partial charge in [0.2, 0.25) is 16.0 Å². The molecule has 0 saturated heterocycles. The molecule has 96 valence electrons. The highest BCUT2D eigenvalue weighted by Crippen LogP contribution is 2.06. The normalized spacial score (nSPS) is 11.4. The Bertz CT molecular complexity index is 432. The molecule has 0 amide bonds. The summed E-state index contributed by atoms with van der Waals surface area (Å²) in [6.45, 7) is 0.835. The van der Waals surface area contributed by atoms with E-state index in [-0.39, 0.29) is 4.90 Å². The molecule has 0 aliphatic heterocycles. The fourth-order valence-electron chi connectivity index (χ4n) is 1.09. The van der Waals surface area contributed by atoms with Crippen LogP contribution in [0.15, 0.2) is 17.3 Å². The minimum Gasteiger partial charge on any atom is -0.385 e. The fraction of sp³-hybridized carbons (Fsp3) is 0.556. The number of sulfonamides is 1. The quantitative estimate of drug-likeness (QED) is 0.661. The Morgan fingerprint density at radius 3 is 2.53 bits per heavy atom. The first kappa shape index (κ1) is 13.8. The average molecular weight is 260 g/mol. The summed E-state index contributed by atoms with van der Waals surface area (Å²) in [6, 6.07) is 0. The van der Waals surface area contributed by atoms with Gasteiger partial charge in [0.05, 0.1) is 12.4 Å².